The fourth-order valence-electron chi connectivity index (χ4n) is 2.31. The molecule has 0 saturated heterocycles. The molecule has 0 amide bonds. The molecule has 0 atom stereocenters. The maximum atomic E-state index is 12.6. The Balaban J connectivity index is 2.56. The summed E-state index contributed by atoms with van der Waals surface area (Å²) in [6.07, 6.45) is 0. The molecule has 0 spiro atoms. The van der Waals surface area contributed by atoms with Crippen LogP contribution in [0.1, 0.15) is 31.8 Å². The van der Waals surface area contributed by atoms with Crippen LogP contribution in [-0.2, 0) is 0 Å². The van der Waals surface area contributed by atoms with Crippen molar-refractivity contribution < 1.29 is 24.2 Å². The molecule has 0 unspecified atom stereocenters. The quantitative estimate of drug-likeness (QED) is 0.859. The number of aryl methyl sites for hydroxylation is 1. The number of carboxylic acids is 1. The van der Waals surface area contributed by atoms with Crippen LogP contribution in [0.2, 0.25) is 0 Å². The number of hydrogen-bond acceptors (Lipinski definition) is 4. The number of benzene rings is 2. The van der Waals surface area contributed by atoms with E-state index >= 15 is 0 Å². The number of carbonyl (C=O) groups excluding carboxylic acids is 1. The van der Waals surface area contributed by atoms with Crippen molar-refractivity contribution in [1.82, 2.24) is 0 Å². The summed E-state index contributed by atoms with van der Waals surface area (Å²) < 4.78 is 10.5. The molecule has 0 aromatic heterocycles. The fourth-order valence-corrected chi connectivity index (χ4v) is 2.31. The number of ether oxygens (including phenoxy) is 2. The van der Waals surface area contributed by atoms with Crippen molar-refractivity contribution in [3.05, 3.63) is 58.7 Å². The lowest BCUT2D eigenvalue weighted by Crippen LogP contribution is -2.10. The van der Waals surface area contributed by atoms with Gasteiger partial charge in [0.1, 0.15) is 0 Å². The zero-order chi connectivity index (χ0) is 16.3. The lowest BCUT2D eigenvalue weighted by atomic mass is 9.97. The average molecular weight is 300 g/mol. The number of carbonyl (C=O) groups is 2. The van der Waals surface area contributed by atoms with Crippen molar-refractivity contribution in [2.75, 3.05) is 14.2 Å². The number of ketones is 1. The maximum absolute atomic E-state index is 12.6. The van der Waals surface area contributed by atoms with E-state index in [1.54, 1.807) is 31.2 Å². The maximum Gasteiger partial charge on any atom is 0.336 e. The molecule has 1 N–H and O–H groups in total. The Morgan fingerprint density at radius 3 is 2.18 bits per heavy atom. The predicted octanol–water partition coefficient (Wildman–Crippen LogP) is 2.94. The van der Waals surface area contributed by atoms with Gasteiger partial charge in [-0.05, 0) is 30.7 Å². The van der Waals surface area contributed by atoms with Crippen LogP contribution in [0.25, 0.3) is 0 Å². The van der Waals surface area contributed by atoms with Gasteiger partial charge in [0.15, 0.2) is 17.3 Å². The van der Waals surface area contributed by atoms with Gasteiger partial charge in [0, 0.05) is 11.1 Å². The third kappa shape index (κ3) is 2.79. The first-order valence-corrected chi connectivity index (χ1v) is 6.59. The van der Waals surface area contributed by atoms with Crippen LogP contribution in [0, 0.1) is 6.92 Å². The molecular weight excluding hydrogens is 284 g/mol. The van der Waals surface area contributed by atoms with Crippen LogP contribution in [0.5, 0.6) is 11.5 Å². The van der Waals surface area contributed by atoms with Crippen LogP contribution in [0.4, 0.5) is 0 Å². The van der Waals surface area contributed by atoms with Crippen molar-refractivity contribution >= 4 is 11.8 Å². The number of rotatable bonds is 5. The molecule has 0 saturated carbocycles. The van der Waals surface area contributed by atoms with Gasteiger partial charge in [0.05, 0.1) is 19.8 Å². The highest BCUT2D eigenvalue weighted by atomic mass is 16.5. The number of carboxylic acid groups (broad SMARTS) is 1. The van der Waals surface area contributed by atoms with Crippen LogP contribution in [0.3, 0.4) is 0 Å². The summed E-state index contributed by atoms with van der Waals surface area (Å²) in [5.41, 5.74) is 1.20. The summed E-state index contributed by atoms with van der Waals surface area (Å²) in [5, 5.41) is 9.20. The van der Waals surface area contributed by atoms with Crippen molar-refractivity contribution in [3.8, 4) is 11.5 Å². The average Bonchev–Trinajstić information content (AvgIpc) is 2.53. The van der Waals surface area contributed by atoms with E-state index in [0.29, 0.717) is 17.1 Å². The molecule has 0 aliphatic carbocycles. The smallest absolute Gasteiger partial charge is 0.336 e. The molecule has 0 aliphatic rings. The largest absolute Gasteiger partial charge is 0.493 e. The minimum absolute atomic E-state index is 0.0278. The topological polar surface area (TPSA) is 72.8 Å². The molecular formula is C17H16O5. The molecule has 2 rings (SSSR count). The van der Waals surface area contributed by atoms with E-state index in [4.69, 9.17) is 9.47 Å². The highest BCUT2D eigenvalue weighted by molar-refractivity contribution is 6.14. The van der Waals surface area contributed by atoms with Gasteiger partial charge in [-0.3, -0.25) is 4.79 Å². The van der Waals surface area contributed by atoms with E-state index in [9.17, 15) is 14.7 Å². The van der Waals surface area contributed by atoms with Crippen LogP contribution in [0.15, 0.2) is 36.4 Å². The van der Waals surface area contributed by atoms with Gasteiger partial charge >= 0.3 is 5.97 Å². The van der Waals surface area contributed by atoms with Crippen molar-refractivity contribution in [1.29, 1.82) is 0 Å². The molecule has 0 bridgehead atoms. The van der Waals surface area contributed by atoms with Crippen LogP contribution >= 0.6 is 0 Å². The second-order valence-electron chi connectivity index (χ2n) is 4.71. The highest BCUT2D eigenvalue weighted by Crippen LogP contribution is 2.33. The van der Waals surface area contributed by atoms with Gasteiger partial charge in [-0.25, -0.2) is 4.79 Å². The van der Waals surface area contributed by atoms with Gasteiger partial charge < -0.3 is 14.6 Å². The first-order chi connectivity index (χ1) is 10.5. The zero-order valence-corrected chi connectivity index (χ0v) is 12.5. The third-order valence-electron chi connectivity index (χ3n) is 3.33. The second kappa shape index (κ2) is 6.30. The zero-order valence-electron chi connectivity index (χ0n) is 12.5. The Morgan fingerprint density at radius 2 is 1.64 bits per heavy atom. The standard InChI is InChI=1S/C17H16O5/c1-10-8-11(9-14(21-2)16(10)22-3)15(18)12-6-4-5-7-13(12)17(19)20/h4-9H,1-3H3,(H,19,20). The SMILES string of the molecule is COc1cc(C(=O)c2ccccc2C(=O)O)cc(C)c1OC. The van der Waals surface area contributed by atoms with E-state index in [2.05, 4.69) is 0 Å². The molecule has 22 heavy (non-hydrogen) atoms. The Kier molecular flexibility index (Phi) is 4.46. The Morgan fingerprint density at radius 1 is 1.00 bits per heavy atom. The van der Waals surface area contributed by atoms with E-state index in [1.165, 1.54) is 26.4 Å². The number of aromatic carboxylic acids is 1. The second-order valence-corrected chi connectivity index (χ2v) is 4.71. The molecule has 5 heteroatoms. The van der Waals surface area contributed by atoms with Gasteiger partial charge in [0.25, 0.3) is 0 Å². The summed E-state index contributed by atoms with van der Waals surface area (Å²) in [4.78, 5) is 23.9. The number of hydrogen-bond donors (Lipinski definition) is 1. The predicted molar refractivity (Wildman–Crippen MR) is 81.1 cm³/mol. The van der Waals surface area contributed by atoms with Crippen molar-refractivity contribution in [2.45, 2.75) is 6.92 Å². The summed E-state index contributed by atoms with van der Waals surface area (Å²) in [6.45, 7) is 1.79. The Bertz CT molecular complexity index is 734. The lowest BCUT2D eigenvalue weighted by Gasteiger charge is -2.13. The van der Waals surface area contributed by atoms with E-state index in [0.717, 1.165) is 5.56 Å². The third-order valence-corrected chi connectivity index (χ3v) is 3.33. The summed E-state index contributed by atoms with van der Waals surface area (Å²) in [5.74, 6) is -0.535. The van der Waals surface area contributed by atoms with E-state index < -0.39 is 5.97 Å². The first kappa shape index (κ1) is 15.6. The van der Waals surface area contributed by atoms with Crippen molar-refractivity contribution in [2.24, 2.45) is 0 Å². The van der Waals surface area contributed by atoms with Gasteiger partial charge in [-0.2, -0.15) is 0 Å². The monoisotopic (exact) mass is 300 g/mol. The Labute approximate surface area is 128 Å². The fraction of sp³-hybridized carbons (Fsp3) is 0.176. The van der Waals surface area contributed by atoms with Gasteiger partial charge in [0.2, 0.25) is 0 Å². The summed E-state index contributed by atoms with van der Waals surface area (Å²) in [6, 6.07) is 9.32. The highest BCUT2D eigenvalue weighted by Gasteiger charge is 2.20. The minimum atomic E-state index is -1.14. The van der Waals surface area contributed by atoms with Gasteiger partial charge in [-0.15, -0.1) is 0 Å². The minimum Gasteiger partial charge on any atom is -0.493 e. The summed E-state index contributed by atoms with van der Waals surface area (Å²) >= 11 is 0. The van der Waals surface area contributed by atoms with E-state index in [1.807, 2.05) is 0 Å². The molecule has 2 aromatic rings. The first-order valence-electron chi connectivity index (χ1n) is 6.59. The molecule has 0 fully saturated rings. The van der Waals surface area contributed by atoms with Crippen LogP contribution in [-0.4, -0.2) is 31.1 Å². The summed E-state index contributed by atoms with van der Waals surface area (Å²) in [7, 11) is 3.00. The van der Waals surface area contributed by atoms with E-state index in [-0.39, 0.29) is 16.9 Å². The molecule has 114 valence electrons. The number of methoxy groups -OCH3 is 2. The van der Waals surface area contributed by atoms with Gasteiger partial charge in [-0.1, -0.05) is 18.2 Å². The molecule has 5 nitrogen and oxygen atoms in total. The Hall–Kier alpha value is -2.82. The normalized spacial score (nSPS) is 10.1. The molecule has 0 radical (unpaired) electrons. The molecule has 0 heterocycles. The van der Waals surface area contributed by atoms with Crippen molar-refractivity contribution in [3.63, 3.8) is 0 Å². The lowest BCUT2D eigenvalue weighted by molar-refractivity contribution is 0.0693. The molecule has 2 aromatic carbocycles. The molecule has 0 aliphatic heterocycles. The van der Waals surface area contributed by atoms with Crippen LogP contribution < -0.4 is 9.47 Å².